The summed E-state index contributed by atoms with van der Waals surface area (Å²) < 4.78 is 16.1. The molecule has 0 radical (unpaired) electrons. The topological polar surface area (TPSA) is 184 Å². The van der Waals surface area contributed by atoms with Crippen molar-refractivity contribution in [1.82, 2.24) is 40.4 Å². The monoisotopic (exact) mass is 946 g/mol. The first-order valence-electron chi connectivity index (χ1n) is 24.9. The predicted octanol–water partition coefficient (Wildman–Crippen LogP) is 10.0. The first-order chi connectivity index (χ1) is 34.1. The molecule has 5 aromatic carbocycles. The van der Waals surface area contributed by atoms with Crippen LogP contribution >= 0.6 is 0 Å². The summed E-state index contributed by atoms with van der Waals surface area (Å²) in [7, 11) is 2.60. The van der Waals surface area contributed by atoms with E-state index < -0.39 is 24.3 Å². The molecule has 3 fully saturated rings. The number of nitrogens with one attached hydrogen (secondary N) is 4. The maximum Gasteiger partial charge on any atom is 0.407 e. The lowest BCUT2D eigenvalue weighted by molar-refractivity contribution is -0.136. The summed E-state index contributed by atoms with van der Waals surface area (Å²) in [5.74, 6) is 1.70. The minimum absolute atomic E-state index is 0.0703. The molecule has 2 aliphatic heterocycles. The Morgan fingerprint density at radius 3 is 1.90 bits per heavy atom. The van der Waals surface area contributed by atoms with Crippen LogP contribution in [0.4, 0.5) is 9.59 Å². The number of fused-ring (bicyclic) bond motifs is 6. The lowest BCUT2D eigenvalue weighted by Crippen LogP contribution is -2.51. The van der Waals surface area contributed by atoms with Crippen molar-refractivity contribution in [3.63, 3.8) is 0 Å². The number of hydrogen-bond acceptors (Lipinski definition) is 9. The van der Waals surface area contributed by atoms with Crippen molar-refractivity contribution in [1.29, 1.82) is 0 Å². The van der Waals surface area contributed by atoms with E-state index in [2.05, 4.69) is 69.1 Å². The van der Waals surface area contributed by atoms with E-state index in [0.29, 0.717) is 43.4 Å². The first kappa shape index (κ1) is 46.7. The molecule has 4 heterocycles. The van der Waals surface area contributed by atoms with Gasteiger partial charge in [-0.05, 0) is 95.7 Å². The number of imidazole rings is 2. The van der Waals surface area contributed by atoms with Crippen molar-refractivity contribution in [3.8, 4) is 11.1 Å². The van der Waals surface area contributed by atoms with Gasteiger partial charge in [-0.25, -0.2) is 19.6 Å². The van der Waals surface area contributed by atoms with E-state index in [4.69, 9.17) is 24.2 Å². The van der Waals surface area contributed by atoms with Gasteiger partial charge in [-0.15, -0.1) is 0 Å². The van der Waals surface area contributed by atoms with Crippen LogP contribution in [0.15, 0.2) is 91.0 Å². The fourth-order valence-corrected chi connectivity index (χ4v) is 11.1. The quantitative estimate of drug-likeness (QED) is 0.0824. The lowest BCUT2D eigenvalue weighted by Gasteiger charge is -2.30. The number of carbonyl (C=O) groups excluding carboxylic acids is 4. The van der Waals surface area contributed by atoms with Gasteiger partial charge in [0.2, 0.25) is 5.91 Å². The number of ether oxygens (including phenoxy) is 3. The van der Waals surface area contributed by atoms with Gasteiger partial charge in [-0.1, -0.05) is 99.8 Å². The van der Waals surface area contributed by atoms with Gasteiger partial charge < -0.3 is 44.6 Å². The van der Waals surface area contributed by atoms with Crippen molar-refractivity contribution >= 4 is 67.6 Å². The van der Waals surface area contributed by atoms with E-state index in [0.717, 1.165) is 86.4 Å². The highest BCUT2D eigenvalue weighted by Crippen LogP contribution is 2.40. The highest BCUT2D eigenvalue weighted by molar-refractivity contribution is 6.07. The molecule has 6 atom stereocenters. The Morgan fingerprint density at radius 2 is 1.29 bits per heavy atom. The number of aromatic nitrogens is 4. The molecule has 0 spiro atoms. The van der Waals surface area contributed by atoms with Gasteiger partial charge >= 0.3 is 12.2 Å². The van der Waals surface area contributed by atoms with Gasteiger partial charge in [0.05, 0.1) is 55.0 Å². The molecule has 0 unspecified atom stereocenters. The minimum atomic E-state index is -0.942. The summed E-state index contributed by atoms with van der Waals surface area (Å²) in [6.07, 6.45) is 6.63. The van der Waals surface area contributed by atoms with Crippen LogP contribution in [0.3, 0.4) is 0 Å². The first-order valence-corrected chi connectivity index (χ1v) is 24.9. The van der Waals surface area contributed by atoms with Crippen LogP contribution < -0.4 is 10.6 Å². The number of rotatable bonds is 14. The molecule has 15 heteroatoms. The Bertz CT molecular complexity index is 3050. The second-order valence-corrected chi connectivity index (χ2v) is 19.5. The van der Waals surface area contributed by atoms with Gasteiger partial charge in [0.25, 0.3) is 5.91 Å². The van der Waals surface area contributed by atoms with Crippen LogP contribution in [0.1, 0.15) is 101 Å². The predicted molar refractivity (Wildman–Crippen MR) is 269 cm³/mol. The fraction of sp³-hybridized carbons (Fsp3) is 0.418. The normalized spacial score (nSPS) is 19.8. The maximum absolute atomic E-state index is 14.7. The van der Waals surface area contributed by atoms with E-state index in [1.807, 2.05) is 66.1 Å². The number of H-pyrrole nitrogens is 2. The molecule has 0 bridgehead atoms. The number of methoxy groups -OCH3 is 2. The van der Waals surface area contributed by atoms with Crippen LogP contribution in [0.5, 0.6) is 0 Å². The fourth-order valence-electron chi connectivity index (χ4n) is 11.1. The second-order valence-electron chi connectivity index (χ2n) is 19.5. The number of likely N-dealkylation sites (tertiary alicyclic amines) is 2. The third kappa shape index (κ3) is 9.26. The van der Waals surface area contributed by atoms with E-state index in [1.54, 1.807) is 0 Å². The number of benzene rings is 5. The second kappa shape index (κ2) is 20.2. The third-order valence-corrected chi connectivity index (χ3v) is 15.1. The molecule has 1 aliphatic carbocycles. The van der Waals surface area contributed by atoms with Gasteiger partial charge in [0, 0.05) is 36.4 Å². The van der Waals surface area contributed by atoms with E-state index in [-0.39, 0.29) is 35.7 Å². The number of carbonyl (C=O) groups is 4. The molecule has 4 N–H and O–H groups in total. The molecule has 15 nitrogen and oxygen atoms in total. The molecule has 70 heavy (non-hydrogen) atoms. The van der Waals surface area contributed by atoms with Crippen molar-refractivity contribution in [3.05, 3.63) is 108 Å². The zero-order valence-corrected chi connectivity index (χ0v) is 40.3. The van der Waals surface area contributed by atoms with E-state index in [1.165, 1.54) is 39.9 Å². The molecule has 3 aliphatic rings. The van der Waals surface area contributed by atoms with Crippen molar-refractivity contribution < 1.29 is 33.4 Å². The highest BCUT2D eigenvalue weighted by atomic mass is 16.5. The zero-order chi connectivity index (χ0) is 48.5. The Balaban J connectivity index is 0.914. The third-order valence-electron chi connectivity index (χ3n) is 15.1. The van der Waals surface area contributed by atoms with E-state index >= 15 is 0 Å². The SMILES string of the molecule is CC[C@H](C)[C@H](NC(=O)OC)C(=O)N1CCC[C@H]1c1nc2ccc3cc(-c4ccc5c(ccc6nc([C@@H]7C[C@H](COCC8CCCC8)CN7C(=O)[C@H](NC(=O)OC)c7ccccc7)[nH]c65)c4)ccc3c2[nH]1. The van der Waals surface area contributed by atoms with Gasteiger partial charge in [0.1, 0.15) is 23.7 Å². The average molecular weight is 947 g/mol. The van der Waals surface area contributed by atoms with Gasteiger partial charge in [-0.3, -0.25) is 9.59 Å². The van der Waals surface area contributed by atoms with Crippen LogP contribution in [0, 0.1) is 17.8 Å². The Hall–Kier alpha value is -7.00. The minimum Gasteiger partial charge on any atom is -0.453 e. The Morgan fingerprint density at radius 1 is 0.686 bits per heavy atom. The number of amides is 4. The number of aromatic amines is 2. The van der Waals surface area contributed by atoms with Gasteiger partial charge in [-0.2, -0.15) is 0 Å². The molecule has 4 amide bonds. The number of nitrogens with zero attached hydrogens (tertiary/aromatic N) is 4. The molecule has 1 saturated carbocycles. The summed E-state index contributed by atoms with van der Waals surface area (Å²) in [5.41, 5.74) is 6.25. The molecule has 7 aromatic rings. The van der Waals surface area contributed by atoms with Crippen molar-refractivity contribution in [2.75, 3.05) is 40.5 Å². The average Bonchev–Trinajstić information content (AvgIpc) is 4.26. The number of hydrogen-bond donors (Lipinski definition) is 4. The van der Waals surface area contributed by atoms with Crippen molar-refractivity contribution in [2.45, 2.75) is 89.4 Å². The van der Waals surface area contributed by atoms with E-state index in [9.17, 15) is 19.2 Å². The lowest BCUT2D eigenvalue weighted by atomic mass is 9.97. The smallest absolute Gasteiger partial charge is 0.407 e. The van der Waals surface area contributed by atoms with Crippen LogP contribution in [0.25, 0.3) is 54.7 Å². The largest absolute Gasteiger partial charge is 0.453 e. The molecule has 2 saturated heterocycles. The molecular formula is C55H62N8O7. The number of alkyl carbamates (subject to hydrolysis) is 2. The summed E-state index contributed by atoms with van der Waals surface area (Å²) in [5, 5.41) is 9.74. The summed E-state index contributed by atoms with van der Waals surface area (Å²) in [4.78, 5) is 74.6. The summed E-state index contributed by atoms with van der Waals surface area (Å²) >= 11 is 0. The van der Waals surface area contributed by atoms with Gasteiger partial charge in [0.15, 0.2) is 0 Å². The summed E-state index contributed by atoms with van der Waals surface area (Å²) in [6.45, 7) is 6.31. The molecule has 10 rings (SSSR count). The van der Waals surface area contributed by atoms with Crippen LogP contribution in [-0.2, 0) is 23.8 Å². The Labute approximate surface area is 407 Å². The molecule has 364 valence electrons. The standard InChI is InChI=1S/C55H62N8O7/c1-5-32(2)46(60-54(66)68-3)52(64)62-25-11-16-44(62)50-56-42-23-19-38-27-36(17-21-40(38)48(42)58-50)37-18-22-41-39(28-37)20-24-43-49(41)59-51(57-43)45-26-34(31-70-30-33-12-9-10-13-33)29-63(45)53(65)47(61-55(67)69-4)35-14-7-6-8-15-35/h6-8,14-15,17-24,27-28,32-34,44-47H,5,9-13,16,25-26,29-31H2,1-4H3,(H,56,58)(H,57,59)(H,60,66)(H,61,67)/t32-,34-,44-,45-,46-,47+/m0/s1. The van der Waals surface area contributed by atoms with Crippen molar-refractivity contribution in [2.24, 2.45) is 17.8 Å². The van der Waals surface area contributed by atoms with Crippen LogP contribution in [-0.4, -0.2) is 100 Å². The summed E-state index contributed by atoms with van der Waals surface area (Å²) in [6, 6.07) is 28.2. The molecule has 2 aromatic heterocycles. The highest BCUT2D eigenvalue weighted by Gasteiger charge is 2.42. The zero-order valence-electron chi connectivity index (χ0n) is 40.3. The molecular weight excluding hydrogens is 885 g/mol. The Kier molecular flexibility index (Phi) is 13.4. The van der Waals surface area contributed by atoms with Crippen LogP contribution in [0.2, 0.25) is 0 Å². The maximum atomic E-state index is 14.7.